The molecule has 0 aliphatic carbocycles. The molecular formula is C13H22N4OS. The summed E-state index contributed by atoms with van der Waals surface area (Å²) in [5.41, 5.74) is 0.840. The van der Waals surface area contributed by atoms with Gasteiger partial charge >= 0.3 is 0 Å². The minimum absolute atomic E-state index is 0.113. The van der Waals surface area contributed by atoms with Crippen LogP contribution in [0.25, 0.3) is 0 Å². The lowest BCUT2D eigenvalue weighted by Crippen LogP contribution is -2.40. The van der Waals surface area contributed by atoms with Crippen molar-refractivity contribution in [3.05, 3.63) is 10.6 Å². The molecule has 5 nitrogen and oxygen atoms in total. The van der Waals surface area contributed by atoms with Crippen LogP contribution in [0, 0.1) is 5.92 Å². The molecule has 1 amide bonds. The smallest absolute Gasteiger partial charge is 0.267 e. The first-order chi connectivity index (χ1) is 9.13. The predicted octanol–water partition coefficient (Wildman–Crippen LogP) is 1.73. The Kier molecular flexibility index (Phi) is 4.87. The van der Waals surface area contributed by atoms with Gasteiger partial charge in [0.15, 0.2) is 0 Å². The zero-order chi connectivity index (χ0) is 13.8. The zero-order valence-electron chi connectivity index (χ0n) is 11.8. The van der Waals surface area contributed by atoms with Crippen LogP contribution >= 0.6 is 11.5 Å². The molecule has 0 unspecified atom stereocenters. The van der Waals surface area contributed by atoms with Crippen molar-refractivity contribution in [2.75, 3.05) is 26.7 Å². The first-order valence-corrected chi connectivity index (χ1v) is 7.67. The summed E-state index contributed by atoms with van der Waals surface area (Å²) in [6.45, 7) is 6.84. The van der Waals surface area contributed by atoms with Crippen molar-refractivity contribution in [3.63, 3.8) is 0 Å². The molecule has 1 aliphatic heterocycles. The predicted molar refractivity (Wildman–Crippen MR) is 76.6 cm³/mol. The lowest BCUT2D eigenvalue weighted by molar-refractivity contribution is 0.0694. The standard InChI is InChI=1S/C13H22N4OS/c1-9(2)11-12(19-16-15-11)13(18)17-6-4-10(5-7-17)8-14-3/h9-10,14H,4-8H2,1-3H3. The van der Waals surface area contributed by atoms with E-state index in [1.807, 2.05) is 25.8 Å². The van der Waals surface area contributed by atoms with Gasteiger partial charge in [0.05, 0.1) is 5.69 Å². The second-order valence-electron chi connectivity index (χ2n) is 5.44. The first kappa shape index (κ1) is 14.4. The van der Waals surface area contributed by atoms with Crippen LogP contribution in [-0.2, 0) is 0 Å². The summed E-state index contributed by atoms with van der Waals surface area (Å²) in [5, 5.41) is 7.30. The van der Waals surface area contributed by atoms with Crippen LogP contribution in [0.2, 0.25) is 0 Å². The topological polar surface area (TPSA) is 58.1 Å². The van der Waals surface area contributed by atoms with Crippen LogP contribution in [0.3, 0.4) is 0 Å². The highest BCUT2D eigenvalue weighted by Gasteiger charge is 2.27. The number of carbonyl (C=O) groups excluding carboxylic acids is 1. The van der Waals surface area contributed by atoms with Crippen molar-refractivity contribution < 1.29 is 4.79 Å². The van der Waals surface area contributed by atoms with Gasteiger partial charge in [0.1, 0.15) is 4.88 Å². The average molecular weight is 282 g/mol. The maximum atomic E-state index is 12.5. The second kappa shape index (κ2) is 6.43. The van der Waals surface area contributed by atoms with Gasteiger partial charge in [-0.25, -0.2) is 0 Å². The minimum atomic E-state index is 0.113. The fraction of sp³-hybridized carbons (Fsp3) is 0.769. The number of rotatable bonds is 4. The highest BCUT2D eigenvalue weighted by Crippen LogP contribution is 2.24. The molecular weight excluding hydrogens is 260 g/mol. The third-order valence-corrected chi connectivity index (χ3v) is 4.38. The van der Waals surface area contributed by atoms with E-state index in [1.165, 1.54) is 11.5 Å². The quantitative estimate of drug-likeness (QED) is 0.914. The third-order valence-electron chi connectivity index (χ3n) is 3.65. The minimum Gasteiger partial charge on any atom is -0.338 e. The van der Waals surface area contributed by atoms with Crippen molar-refractivity contribution in [2.24, 2.45) is 5.92 Å². The summed E-state index contributed by atoms with van der Waals surface area (Å²) < 4.78 is 3.94. The van der Waals surface area contributed by atoms with Gasteiger partial charge in [-0.1, -0.05) is 18.3 Å². The van der Waals surface area contributed by atoms with Crippen LogP contribution in [0.15, 0.2) is 0 Å². The Morgan fingerprint density at radius 1 is 1.47 bits per heavy atom. The van der Waals surface area contributed by atoms with Gasteiger partial charge in [-0.15, -0.1) is 5.10 Å². The summed E-state index contributed by atoms with van der Waals surface area (Å²) >= 11 is 1.23. The largest absolute Gasteiger partial charge is 0.338 e. The van der Waals surface area contributed by atoms with Crippen LogP contribution in [-0.4, -0.2) is 47.1 Å². The van der Waals surface area contributed by atoms with Gasteiger partial charge < -0.3 is 10.2 Å². The highest BCUT2D eigenvalue weighted by atomic mass is 32.1. The Morgan fingerprint density at radius 2 is 2.16 bits per heavy atom. The number of carbonyl (C=O) groups is 1. The van der Waals surface area contributed by atoms with Crippen LogP contribution in [0.1, 0.15) is 48.0 Å². The molecule has 106 valence electrons. The lowest BCUT2D eigenvalue weighted by Gasteiger charge is -2.31. The van der Waals surface area contributed by atoms with Crippen molar-refractivity contribution in [2.45, 2.75) is 32.6 Å². The van der Waals surface area contributed by atoms with E-state index < -0.39 is 0 Å². The number of hydrogen-bond donors (Lipinski definition) is 1. The third kappa shape index (κ3) is 3.30. The monoisotopic (exact) mass is 282 g/mol. The molecule has 1 saturated heterocycles. The fourth-order valence-corrected chi connectivity index (χ4v) is 3.28. The van der Waals surface area contributed by atoms with E-state index >= 15 is 0 Å². The number of aromatic nitrogens is 2. The second-order valence-corrected chi connectivity index (χ2v) is 6.19. The van der Waals surface area contributed by atoms with Gasteiger partial charge in [0.2, 0.25) is 0 Å². The molecule has 1 aromatic heterocycles. The van der Waals surface area contributed by atoms with E-state index in [9.17, 15) is 4.79 Å². The Morgan fingerprint density at radius 3 is 2.74 bits per heavy atom. The van der Waals surface area contributed by atoms with Crippen LogP contribution in [0.4, 0.5) is 0 Å². The summed E-state index contributed by atoms with van der Waals surface area (Å²) in [4.78, 5) is 15.2. The summed E-state index contributed by atoms with van der Waals surface area (Å²) in [6, 6.07) is 0. The molecule has 2 heterocycles. The molecule has 0 spiro atoms. The Labute approximate surface area is 118 Å². The van der Waals surface area contributed by atoms with Crippen molar-refractivity contribution in [3.8, 4) is 0 Å². The number of amides is 1. The number of piperidine rings is 1. The van der Waals surface area contributed by atoms with Crippen LogP contribution in [0.5, 0.6) is 0 Å². The average Bonchev–Trinajstić information content (AvgIpc) is 2.88. The number of nitrogens with one attached hydrogen (secondary N) is 1. The van der Waals surface area contributed by atoms with Crippen LogP contribution < -0.4 is 5.32 Å². The van der Waals surface area contributed by atoms with Gasteiger partial charge in [-0.05, 0) is 49.8 Å². The van der Waals surface area contributed by atoms with Gasteiger partial charge in [0, 0.05) is 13.1 Å². The normalized spacial score (nSPS) is 17.2. The molecule has 1 fully saturated rings. The molecule has 0 aromatic carbocycles. The van der Waals surface area contributed by atoms with Crippen molar-refractivity contribution in [1.82, 2.24) is 19.8 Å². The van der Waals surface area contributed by atoms with E-state index in [2.05, 4.69) is 14.9 Å². The molecule has 2 rings (SSSR count). The van der Waals surface area contributed by atoms with E-state index in [0.29, 0.717) is 5.92 Å². The molecule has 0 atom stereocenters. The molecule has 1 N–H and O–H groups in total. The maximum absolute atomic E-state index is 12.5. The molecule has 0 radical (unpaired) electrons. The molecule has 1 aromatic rings. The van der Waals surface area contributed by atoms with Crippen molar-refractivity contribution >= 4 is 17.4 Å². The van der Waals surface area contributed by atoms with E-state index in [1.54, 1.807) is 0 Å². The number of nitrogens with zero attached hydrogens (tertiary/aromatic N) is 3. The van der Waals surface area contributed by atoms with E-state index in [0.717, 1.165) is 43.0 Å². The lowest BCUT2D eigenvalue weighted by atomic mass is 9.96. The van der Waals surface area contributed by atoms with Gasteiger partial charge in [0.25, 0.3) is 5.91 Å². The molecule has 19 heavy (non-hydrogen) atoms. The molecule has 0 bridgehead atoms. The first-order valence-electron chi connectivity index (χ1n) is 6.89. The van der Waals surface area contributed by atoms with Gasteiger partial charge in [-0.3, -0.25) is 4.79 Å². The Hall–Kier alpha value is -1.01. The van der Waals surface area contributed by atoms with E-state index in [-0.39, 0.29) is 11.8 Å². The fourth-order valence-electron chi connectivity index (χ4n) is 2.50. The van der Waals surface area contributed by atoms with Gasteiger partial charge in [-0.2, -0.15) is 0 Å². The number of hydrogen-bond acceptors (Lipinski definition) is 5. The molecule has 6 heteroatoms. The Balaban J connectivity index is 1.99. The summed E-state index contributed by atoms with van der Waals surface area (Å²) in [6.07, 6.45) is 2.16. The molecule has 0 saturated carbocycles. The van der Waals surface area contributed by atoms with Crippen molar-refractivity contribution in [1.29, 1.82) is 0 Å². The van der Waals surface area contributed by atoms with E-state index in [4.69, 9.17) is 0 Å². The Bertz CT molecular complexity index is 424. The molecule has 1 aliphatic rings. The SMILES string of the molecule is CNCC1CCN(C(=O)c2snnc2C(C)C)CC1. The summed E-state index contributed by atoms with van der Waals surface area (Å²) in [5.74, 6) is 1.05. The zero-order valence-corrected chi connectivity index (χ0v) is 12.7. The number of likely N-dealkylation sites (tertiary alicyclic amines) is 1. The summed E-state index contributed by atoms with van der Waals surface area (Å²) in [7, 11) is 1.98. The highest BCUT2D eigenvalue weighted by molar-refractivity contribution is 7.08. The maximum Gasteiger partial charge on any atom is 0.267 e.